The molecule has 1 saturated heterocycles. The van der Waals surface area contributed by atoms with E-state index in [-0.39, 0.29) is 37.0 Å². The van der Waals surface area contributed by atoms with Gasteiger partial charge in [0.1, 0.15) is 17.7 Å². The van der Waals surface area contributed by atoms with Crippen LogP contribution in [0.3, 0.4) is 0 Å². The molecule has 0 radical (unpaired) electrons. The third-order valence-corrected chi connectivity index (χ3v) is 7.90. The molecule has 2 heterocycles. The van der Waals surface area contributed by atoms with Crippen LogP contribution in [0.15, 0.2) is 36.5 Å². The number of aryl methyl sites for hydroxylation is 1. The number of nitrogens with zero attached hydrogens (tertiary/aromatic N) is 2. The van der Waals surface area contributed by atoms with Gasteiger partial charge in [-0.25, -0.2) is 17.6 Å². The van der Waals surface area contributed by atoms with E-state index in [4.69, 9.17) is 10.5 Å². The van der Waals surface area contributed by atoms with E-state index in [1.165, 1.54) is 0 Å². The van der Waals surface area contributed by atoms with E-state index >= 15 is 4.39 Å². The zero-order valence-electron chi connectivity index (χ0n) is 21.7. The van der Waals surface area contributed by atoms with Crippen molar-refractivity contribution in [2.24, 2.45) is 11.1 Å². The van der Waals surface area contributed by atoms with E-state index in [0.717, 1.165) is 6.07 Å². The number of ether oxygens (including phenoxy) is 1. The van der Waals surface area contributed by atoms with Gasteiger partial charge in [0.2, 0.25) is 0 Å². The first-order chi connectivity index (χ1) is 18.3. The summed E-state index contributed by atoms with van der Waals surface area (Å²) in [5, 5.41) is 10.9. The zero-order valence-corrected chi connectivity index (χ0v) is 21.7. The van der Waals surface area contributed by atoms with E-state index in [0.29, 0.717) is 79.2 Å². The number of piperidine rings is 1. The average molecular weight is 534 g/mol. The fourth-order valence-electron chi connectivity index (χ4n) is 5.49. The number of aliphatic hydroxyl groups excluding tert-OH is 1. The van der Waals surface area contributed by atoms with Gasteiger partial charge in [0, 0.05) is 36.4 Å². The highest BCUT2D eigenvalue weighted by atomic mass is 19.2. The molecule has 0 unspecified atom stereocenters. The number of benzene rings is 2. The van der Waals surface area contributed by atoms with Gasteiger partial charge in [-0.15, -0.1) is 0 Å². The number of alkyl halides is 1. The predicted octanol–water partition coefficient (Wildman–Crippen LogP) is 5.62. The molecule has 0 saturated carbocycles. The molecule has 1 fully saturated rings. The number of aromatic nitrogens is 1. The van der Waals surface area contributed by atoms with Crippen molar-refractivity contribution < 1.29 is 27.4 Å². The zero-order chi connectivity index (χ0) is 27.3. The number of hydrogen-bond acceptors (Lipinski definition) is 5. The van der Waals surface area contributed by atoms with E-state index < -0.39 is 23.6 Å². The van der Waals surface area contributed by atoms with Gasteiger partial charge in [-0.1, -0.05) is 0 Å². The maximum Gasteiger partial charge on any atom is 0.162 e. The molecule has 3 N–H and O–H groups in total. The SMILES string of the molecule is COc1ccc2ncc(CN)c([C@H](F)CCC3(CO)CCN(CCCc4cc(F)cc(F)c4F)CC3)c2c1. The minimum atomic E-state index is -1.27. The van der Waals surface area contributed by atoms with Crippen molar-refractivity contribution in [3.05, 3.63) is 70.7 Å². The van der Waals surface area contributed by atoms with Gasteiger partial charge < -0.3 is 20.5 Å². The molecular weight excluding hydrogens is 498 g/mol. The monoisotopic (exact) mass is 533 g/mol. The van der Waals surface area contributed by atoms with Crippen LogP contribution in [0.2, 0.25) is 0 Å². The molecule has 1 aliphatic rings. The number of methoxy groups -OCH3 is 1. The minimum absolute atomic E-state index is 0.0317. The Labute approximate surface area is 220 Å². The summed E-state index contributed by atoms with van der Waals surface area (Å²) in [6.07, 6.45) is 3.31. The third-order valence-electron chi connectivity index (χ3n) is 7.90. The van der Waals surface area contributed by atoms with E-state index in [9.17, 15) is 18.3 Å². The lowest BCUT2D eigenvalue weighted by Gasteiger charge is -2.41. The summed E-state index contributed by atoms with van der Waals surface area (Å²) < 4.78 is 61.9. The van der Waals surface area contributed by atoms with Crippen LogP contribution in [0.25, 0.3) is 10.9 Å². The Bertz CT molecular complexity index is 1240. The summed E-state index contributed by atoms with van der Waals surface area (Å²) in [5.41, 5.74) is 7.42. The van der Waals surface area contributed by atoms with Crippen LogP contribution in [0.4, 0.5) is 17.6 Å². The summed E-state index contributed by atoms with van der Waals surface area (Å²) in [6.45, 7) is 2.20. The molecule has 0 spiro atoms. The van der Waals surface area contributed by atoms with Crippen LogP contribution >= 0.6 is 0 Å². The van der Waals surface area contributed by atoms with Crippen molar-refractivity contribution in [2.45, 2.75) is 51.2 Å². The first-order valence-corrected chi connectivity index (χ1v) is 13.1. The van der Waals surface area contributed by atoms with Gasteiger partial charge in [-0.05, 0) is 99.0 Å². The maximum absolute atomic E-state index is 15.8. The first-order valence-electron chi connectivity index (χ1n) is 13.1. The Hall–Kier alpha value is -2.75. The van der Waals surface area contributed by atoms with Crippen molar-refractivity contribution in [3.8, 4) is 5.75 Å². The summed E-state index contributed by atoms with van der Waals surface area (Å²) in [5.74, 6) is -2.34. The van der Waals surface area contributed by atoms with Crippen molar-refractivity contribution in [1.29, 1.82) is 0 Å². The highest BCUT2D eigenvalue weighted by Gasteiger charge is 2.35. The first kappa shape index (κ1) is 28.3. The molecule has 3 aromatic rings. The molecule has 206 valence electrons. The number of halogens is 4. The van der Waals surface area contributed by atoms with E-state index in [1.807, 2.05) is 0 Å². The number of aliphatic hydroxyl groups is 1. The van der Waals surface area contributed by atoms with Crippen molar-refractivity contribution >= 4 is 10.9 Å². The highest BCUT2D eigenvalue weighted by molar-refractivity contribution is 5.85. The lowest BCUT2D eigenvalue weighted by Crippen LogP contribution is -2.42. The average Bonchev–Trinajstić information content (AvgIpc) is 2.94. The Morgan fingerprint density at radius 3 is 2.58 bits per heavy atom. The van der Waals surface area contributed by atoms with Crippen molar-refractivity contribution in [3.63, 3.8) is 0 Å². The number of nitrogens with two attached hydrogens (primary N) is 1. The fraction of sp³-hybridized carbons (Fsp3) is 0.483. The largest absolute Gasteiger partial charge is 0.497 e. The van der Waals surface area contributed by atoms with Crippen molar-refractivity contribution in [1.82, 2.24) is 9.88 Å². The van der Waals surface area contributed by atoms with Gasteiger partial charge in [-0.3, -0.25) is 4.98 Å². The highest BCUT2D eigenvalue weighted by Crippen LogP contribution is 2.41. The summed E-state index contributed by atoms with van der Waals surface area (Å²) in [4.78, 5) is 6.61. The second-order valence-corrected chi connectivity index (χ2v) is 10.3. The quantitative estimate of drug-likeness (QED) is 0.247. The number of rotatable bonds is 11. The van der Waals surface area contributed by atoms with Crippen molar-refractivity contribution in [2.75, 3.05) is 33.4 Å². The molecule has 0 aliphatic carbocycles. The Kier molecular flexibility index (Phi) is 9.23. The Morgan fingerprint density at radius 2 is 1.89 bits per heavy atom. The van der Waals surface area contributed by atoms with Crippen LogP contribution in [-0.2, 0) is 13.0 Å². The molecule has 2 aromatic carbocycles. The Balaban J connectivity index is 1.35. The molecule has 1 aromatic heterocycles. The smallest absolute Gasteiger partial charge is 0.162 e. The molecule has 9 heteroatoms. The minimum Gasteiger partial charge on any atom is -0.497 e. The van der Waals surface area contributed by atoms with Gasteiger partial charge in [-0.2, -0.15) is 0 Å². The van der Waals surface area contributed by atoms with Crippen LogP contribution in [0.5, 0.6) is 5.75 Å². The molecule has 4 rings (SSSR count). The number of fused-ring (bicyclic) bond motifs is 1. The molecule has 38 heavy (non-hydrogen) atoms. The predicted molar refractivity (Wildman–Crippen MR) is 139 cm³/mol. The standard InChI is InChI=1S/C29H35F4N3O2/c1-38-22-4-5-26-23(15-22)27(20(16-34)17-35-26)24(31)6-7-29(18-37)8-11-36(12-9-29)10-2-3-19-13-21(30)14-25(32)28(19)33/h4-5,13-15,17,24,37H,2-3,6-12,16,18,34H2,1H3/t24-/m1/s1. The van der Waals surface area contributed by atoms with E-state index in [2.05, 4.69) is 9.88 Å². The third kappa shape index (κ3) is 6.27. The molecule has 0 amide bonds. The molecule has 5 nitrogen and oxygen atoms in total. The normalized spacial score (nSPS) is 16.6. The topological polar surface area (TPSA) is 71.6 Å². The molecule has 1 aliphatic heterocycles. The summed E-state index contributed by atoms with van der Waals surface area (Å²) in [6, 6.07) is 6.96. The molecular formula is C29H35F4N3O2. The number of likely N-dealkylation sites (tertiary alicyclic amines) is 1. The number of hydrogen-bond donors (Lipinski definition) is 2. The van der Waals surface area contributed by atoms with Gasteiger partial charge in [0.25, 0.3) is 0 Å². The van der Waals surface area contributed by atoms with Gasteiger partial charge >= 0.3 is 0 Å². The Morgan fingerprint density at radius 1 is 1.13 bits per heavy atom. The second-order valence-electron chi connectivity index (χ2n) is 10.3. The van der Waals surface area contributed by atoms with Gasteiger partial charge in [0.15, 0.2) is 11.6 Å². The van der Waals surface area contributed by atoms with E-state index in [1.54, 1.807) is 31.5 Å². The second kappa shape index (κ2) is 12.4. The lowest BCUT2D eigenvalue weighted by molar-refractivity contribution is 0.0299. The summed E-state index contributed by atoms with van der Waals surface area (Å²) >= 11 is 0. The van der Waals surface area contributed by atoms with Gasteiger partial charge in [0.05, 0.1) is 12.6 Å². The van der Waals surface area contributed by atoms with Crippen LogP contribution in [0, 0.1) is 22.9 Å². The van der Waals surface area contributed by atoms with Crippen LogP contribution < -0.4 is 10.5 Å². The molecule has 1 atom stereocenters. The lowest BCUT2D eigenvalue weighted by atomic mass is 9.74. The maximum atomic E-state index is 15.8. The van der Waals surface area contributed by atoms with Crippen LogP contribution in [-0.4, -0.2) is 48.3 Å². The molecule has 0 bridgehead atoms. The summed E-state index contributed by atoms with van der Waals surface area (Å²) in [7, 11) is 1.56. The van der Waals surface area contributed by atoms with Crippen LogP contribution in [0.1, 0.15) is 55.0 Å². The fourth-order valence-corrected chi connectivity index (χ4v) is 5.49. The number of pyridine rings is 1.